The molecule has 0 fully saturated rings. The van der Waals surface area contributed by atoms with E-state index in [0.29, 0.717) is 11.0 Å². The Morgan fingerprint density at radius 3 is 2.92 bits per heavy atom. The van der Waals surface area contributed by atoms with Crippen molar-refractivity contribution in [1.29, 1.82) is 0 Å². The summed E-state index contributed by atoms with van der Waals surface area (Å²) in [6.45, 7) is 0.598. The molecule has 72 valence electrons. The molecular formula is C9H11ClOS2. The van der Waals surface area contributed by atoms with E-state index in [-0.39, 0.29) is 0 Å². The molecule has 0 spiro atoms. The molecule has 13 heavy (non-hydrogen) atoms. The number of hydrogen-bond donors (Lipinski definition) is 0. The molecule has 0 aromatic rings. The van der Waals surface area contributed by atoms with Crippen LogP contribution in [0.5, 0.6) is 0 Å². The highest BCUT2D eigenvalue weighted by molar-refractivity contribution is 8.22. The highest BCUT2D eigenvalue weighted by atomic mass is 35.5. The van der Waals surface area contributed by atoms with Crippen molar-refractivity contribution >= 4 is 40.0 Å². The van der Waals surface area contributed by atoms with Crippen LogP contribution >= 0.6 is 35.6 Å². The Hall–Kier alpha value is 0.01000. The third-order valence-corrected chi connectivity index (χ3v) is 3.11. The number of rotatable bonds is 2. The van der Waals surface area contributed by atoms with Gasteiger partial charge >= 0.3 is 0 Å². The SMILES string of the molecule is CSC(=S)OCC1=CC=C(Cl)CC1. The summed E-state index contributed by atoms with van der Waals surface area (Å²) in [5, 5.41) is 0.913. The van der Waals surface area contributed by atoms with Crippen LogP contribution < -0.4 is 0 Å². The number of allylic oxidation sites excluding steroid dienone is 3. The van der Waals surface area contributed by atoms with Gasteiger partial charge in [0.25, 0.3) is 0 Å². The number of thiocarbonyl (C=S) groups is 1. The molecule has 0 aromatic heterocycles. The van der Waals surface area contributed by atoms with Gasteiger partial charge in [-0.25, -0.2) is 0 Å². The lowest BCUT2D eigenvalue weighted by Crippen LogP contribution is -2.03. The van der Waals surface area contributed by atoms with Gasteiger partial charge in [0, 0.05) is 5.03 Å². The molecule has 0 atom stereocenters. The van der Waals surface area contributed by atoms with Crippen LogP contribution in [0.15, 0.2) is 22.8 Å². The first kappa shape index (κ1) is 11.1. The predicted molar refractivity (Wildman–Crippen MR) is 63.3 cm³/mol. The maximum absolute atomic E-state index is 5.82. The summed E-state index contributed by atoms with van der Waals surface area (Å²) >= 11 is 12.2. The Kier molecular flexibility index (Phi) is 4.84. The van der Waals surface area contributed by atoms with Crippen LogP contribution in [-0.2, 0) is 4.74 Å². The van der Waals surface area contributed by atoms with Crippen molar-refractivity contribution in [3.63, 3.8) is 0 Å². The Morgan fingerprint density at radius 2 is 2.38 bits per heavy atom. The van der Waals surface area contributed by atoms with Gasteiger partial charge in [0.15, 0.2) is 0 Å². The minimum atomic E-state index is 0.598. The van der Waals surface area contributed by atoms with E-state index in [2.05, 4.69) is 0 Å². The molecule has 0 bridgehead atoms. The fraction of sp³-hybridized carbons (Fsp3) is 0.444. The standard InChI is InChI=1S/C9H11ClOS2/c1-13-9(12)11-6-7-2-4-8(10)5-3-7/h2,4H,3,5-6H2,1H3. The Labute approximate surface area is 93.2 Å². The quantitative estimate of drug-likeness (QED) is 0.677. The van der Waals surface area contributed by atoms with E-state index in [1.54, 1.807) is 0 Å². The molecule has 0 heterocycles. The molecule has 4 heteroatoms. The molecular weight excluding hydrogens is 224 g/mol. The van der Waals surface area contributed by atoms with Gasteiger partial charge in [0.2, 0.25) is 4.38 Å². The van der Waals surface area contributed by atoms with Gasteiger partial charge < -0.3 is 4.74 Å². The molecule has 1 aliphatic rings. The topological polar surface area (TPSA) is 9.23 Å². The van der Waals surface area contributed by atoms with Crippen molar-refractivity contribution in [1.82, 2.24) is 0 Å². The summed E-state index contributed by atoms with van der Waals surface area (Å²) in [6, 6.07) is 0. The van der Waals surface area contributed by atoms with Gasteiger partial charge in [-0.3, -0.25) is 0 Å². The molecule has 1 rings (SSSR count). The zero-order valence-electron chi connectivity index (χ0n) is 7.38. The fourth-order valence-electron chi connectivity index (χ4n) is 0.986. The van der Waals surface area contributed by atoms with Crippen molar-refractivity contribution in [2.45, 2.75) is 12.8 Å². The van der Waals surface area contributed by atoms with Crippen molar-refractivity contribution < 1.29 is 4.74 Å². The molecule has 0 N–H and O–H groups in total. The summed E-state index contributed by atoms with van der Waals surface area (Å²) in [6.07, 6.45) is 7.74. The summed E-state index contributed by atoms with van der Waals surface area (Å²) in [5.74, 6) is 0. The molecule has 0 saturated carbocycles. The van der Waals surface area contributed by atoms with Gasteiger partial charge in [0.1, 0.15) is 6.61 Å². The zero-order chi connectivity index (χ0) is 9.68. The van der Waals surface area contributed by atoms with Gasteiger partial charge in [-0.1, -0.05) is 29.4 Å². The molecule has 1 aliphatic carbocycles. The average molecular weight is 235 g/mol. The number of hydrogen-bond acceptors (Lipinski definition) is 3. The molecule has 0 unspecified atom stereocenters. The molecule has 0 amide bonds. The van der Waals surface area contributed by atoms with Crippen LogP contribution in [0.3, 0.4) is 0 Å². The number of thioether (sulfide) groups is 1. The normalized spacial score (nSPS) is 16.2. The Morgan fingerprint density at radius 1 is 1.62 bits per heavy atom. The Bertz CT molecular complexity index is 258. The highest BCUT2D eigenvalue weighted by Crippen LogP contribution is 2.21. The lowest BCUT2D eigenvalue weighted by molar-refractivity contribution is 0.353. The van der Waals surface area contributed by atoms with E-state index in [1.807, 2.05) is 18.4 Å². The second-order valence-electron chi connectivity index (χ2n) is 2.68. The van der Waals surface area contributed by atoms with Crippen molar-refractivity contribution in [3.05, 3.63) is 22.8 Å². The Balaban J connectivity index is 2.34. The first-order valence-electron chi connectivity index (χ1n) is 3.97. The van der Waals surface area contributed by atoms with Crippen LogP contribution in [0.4, 0.5) is 0 Å². The van der Waals surface area contributed by atoms with E-state index in [4.69, 9.17) is 28.6 Å². The first-order valence-corrected chi connectivity index (χ1v) is 5.98. The second kappa shape index (κ2) is 5.68. The van der Waals surface area contributed by atoms with Gasteiger partial charge in [-0.15, -0.1) is 0 Å². The number of halogens is 1. The van der Waals surface area contributed by atoms with E-state index in [9.17, 15) is 0 Å². The minimum Gasteiger partial charge on any atom is -0.474 e. The highest BCUT2D eigenvalue weighted by Gasteiger charge is 2.05. The molecule has 0 radical (unpaired) electrons. The maximum atomic E-state index is 5.82. The molecule has 0 saturated heterocycles. The lowest BCUT2D eigenvalue weighted by Gasteiger charge is -2.11. The monoisotopic (exact) mass is 234 g/mol. The smallest absolute Gasteiger partial charge is 0.220 e. The van der Waals surface area contributed by atoms with Crippen LogP contribution in [-0.4, -0.2) is 17.2 Å². The van der Waals surface area contributed by atoms with Crippen LogP contribution in [0.25, 0.3) is 0 Å². The minimum absolute atomic E-state index is 0.598. The summed E-state index contributed by atoms with van der Waals surface area (Å²) in [7, 11) is 0. The van der Waals surface area contributed by atoms with Crippen LogP contribution in [0.1, 0.15) is 12.8 Å². The predicted octanol–water partition coefficient (Wildman–Crippen LogP) is 3.49. The molecule has 0 aliphatic heterocycles. The van der Waals surface area contributed by atoms with E-state index >= 15 is 0 Å². The van der Waals surface area contributed by atoms with Crippen LogP contribution in [0, 0.1) is 0 Å². The van der Waals surface area contributed by atoms with E-state index in [1.165, 1.54) is 17.3 Å². The second-order valence-corrected chi connectivity index (χ2v) is 4.57. The maximum Gasteiger partial charge on any atom is 0.220 e. The molecule has 1 nitrogen and oxygen atoms in total. The van der Waals surface area contributed by atoms with E-state index < -0.39 is 0 Å². The summed E-state index contributed by atoms with van der Waals surface area (Å²) in [5.41, 5.74) is 1.25. The summed E-state index contributed by atoms with van der Waals surface area (Å²) in [4.78, 5) is 0. The van der Waals surface area contributed by atoms with Crippen molar-refractivity contribution in [2.75, 3.05) is 12.9 Å². The van der Waals surface area contributed by atoms with Crippen LogP contribution in [0.2, 0.25) is 0 Å². The van der Waals surface area contributed by atoms with Gasteiger partial charge in [-0.2, -0.15) is 0 Å². The average Bonchev–Trinajstić information content (AvgIpc) is 2.16. The lowest BCUT2D eigenvalue weighted by atomic mass is 10.1. The third-order valence-electron chi connectivity index (χ3n) is 1.73. The van der Waals surface area contributed by atoms with Gasteiger partial charge in [-0.05, 0) is 43.0 Å². The van der Waals surface area contributed by atoms with Gasteiger partial charge in [0.05, 0.1) is 0 Å². The number of ether oxygens (including phenoxy) is 1. The van der Waals surface area contributed by atoms with Crippen molar-refractivity contribution in [2.24, 2.45) is 0 Å². The fourth-order valence-corrected chi connectivity index (χ4v) is 1.38. The third kappa shape index (κ3) is 4.16. The van der Waals surface area contributed by atoms with Crippen molar-refractivity contribution in [3.8, 4) is 0 Å². The summed E-state index contributed by atoms with van der Waals surface area (Å²) < 4.78 is 5.92. The molecule has 0 aromatic carbocycles. The largest absolute Gasteiger partial charge is 0.474 e. The first-order chi connectivity index (χ1) is 6.22. The zero-order valence-corrected chi connectivity index (χ0v) is 9.77. The van der Waals surface area contributed by atoms with E-state index in [0.717, 1.165) is 17.9 Å².